The van der Waals surface area contributed by atoms with E-state index in [1.54, 1.807) is 0 Å². The maximum absolute atomic E-state index is 12.7. The third kappa shape index (κ3) is 2.56. The van der Waals surface area contributed by atoms with E-state index in [-0.39, 0.29) is 6.20 Å². The van der Waals surface area contributed by atoms with E-state index in [9.17, 15) is 33.0 Å². The Kier molecular flexibility index (Phi) is 3.94. The van der Waals surface area contributed by atoms with E-state index in [1.165, 1.54) is 4.98 Å². The number of nitrogens with one attached hydrogen (secondary N) is 1. The first-order chi connectivity index (χ1) is 10.00. The number of aliphatic hydroxyl groups excluding tert-OH is 2. The number of ether oxygens (including phenoxy) is 1. The van der Waals surface area contributed by atoms with Crippen molar-refractivity contribution in [2.24, 2.45) is 0 Å². The van der Waals surface area contributed by atoms with Crippen LogP contribution in [0.4, 0.5) is 13.2 Å². The van der Waals surface area contributed by atoms with Gasteiger partial charge in [-0.2, -0.15) is 13.2 Å². The molecule has 0 radical (unpaired) electrons. The summed E-state index contributed by atoms with van der Waals surface area (Å²) in [5.41, 5.74) is -6.54. The summed E-state index contributed by atoms with van der Waals surface area (Å²) in [5, 5.41) is 29.0. The second-order valence-corrected chi connectivity index (χ2v) is 5.08. The van der Waals surface area contributed by atoms with Crippen LogP contribution in [0.3, 0.4) is 0 Å². The molecule has 2 rings (SSSR count). The average molecular weight is 326 g/mol. The molecule has 0 aliphatic carbocycles. The van der Waals surface area contributed by atoms with Crippen LogP contribution in [0.15, 0.2) is 15.8 Å². The van der Waals surface area contributed by atoms with E-state index in [0.717, 1.165) is 6.92 Å². The lowest BCUT2D eigenvalue weighted by atomic mass is 9.95. The Balaban J connectivity index is 2.55. The van der Waals surface area contributed by atoms with Crippen molar-refractivity contribution in [1.29, 1.82) is 0 Å². The minimum absolute atomic E-state index is 0.199. The van der Waals surface area contributed by atoms with Gasteiger partial charge in [-0.1, -0.05) is 0 Å². The summed E-state index contributed by atoms with van der Waals surface area (Å²) >= 11 is 0. The largest absolute Gasteiger partial charge is 0.423 e. The van der Waals surface area contributed by atoms with Crippen molar-refractivity contribution < 1.29 is 33.2 Å². The van der Waals surface area contributed by atoms with Crippen molar-refractivity contribution in [2.45, 2.75) is 37.1 Å². The summed E-state index contributed by atoms with van der Waals surface area (Å²) in [6.07, 6.45) is -9.64. The van der Waals surface area contributed by atoms with E-state index in [0.29, 0.717) is 4.57 Å². The first-order valence-corrected chi connectivity index (χ1v) is 6.09. The highest BCUT2D eigenvalue weighted by atomic mass is 19.4. The number of nitrogens with zero attached hydrogens (tertiary/aromatic N) is 1. The molecule has 1 aromatic heterocycles. The number of hydrogen-bond donors (Lipinski definition) is 4. The predicted molar refractivity (Wildman–Crippen MR) is 64.0 cm³/mol. The normalized spacial score (nSPS) is 32.4. The lowest BCUT2D eigenvalue weighted by Gasteiger charge is -2.25. The molecule has 2 heterocycles. The van der Waals surface area contributed by atoms with Crippen LogP contribution in [0.2, 0.25) is 0 Å². The zero-order chi connectivity index (χ0) is 16.9. The Labute approximate surface area is 120 Å². The van der Waals surface area contributed by atoms with Gasteiger partial charge in [0, 0.05) is 6.20 Å². The molecule has 8 nitrogen and oxygen atoms in total. The van der Waals surface area contributed by atoms with E-state index < -0.39 is 53.6 Å². The van der Waals surface area contributed by atoms with Gasteiger partial charge in [0.2, 0.25) is 0 Å². The van der Waals surface area contributed by atoms with Gasteiger partial charge in [0.15, 0.2) is 6.23 Å². The van der Waals surface area contributed by atoms with Crippen molar-refractivity contribution in [3.63, 3.8) is 0 Å². The molecule has 11 heteroatoms. The van der Waals surface area contributed by atoms with Crippen LogP contribution >= 0.6 is 0 Å². The monoisotopic (exact) mass is 326 g/mol. The third-order valence-corrected chi connectivity index (χ3v) is 3.54. The molecule has 1 aliphatic rings. The van der Waals surface area contributed by atoms with Gasteiger partial charge in [-0.25, -0.2) is 4.79 Å². The van der Waals surface area contributed by atoms with Crippen molar-refractivity contribution in [3.05, 3.63) is 32.6 Å². The highest BCUT2D eigenvalue weighted by Gasteiger charge is 2.53. The SMILES string of the molecule is C[C@]1(O)C(O)[C@H](n2cc(C(F)(F)F)c(=O)[nH]c2=O)O[C@@H]1CO. The highest BCUT2D eigenvalue weighted by Crippen LogP contribution is 2.36. The number of aromatic amines is 1. The zero-order valence-electron chi connectivity index (χ0n) is 11.2. The average Bonchev–Trinajstić information content (AvgIpc) is 2.60. The number of aliphatic hydroxyl groups is 3. The highest BCUT2D eigenvalue weighted by molar-refractivity contribution is 5.10. The quantitative estimate of drug-likeness (QED) is 0.527. The van der Waals surface area contributed by atoms with Crippen LogP contribution in [-0.4, -0.2) is 49.3 Å². The van der Waals surface area contributed by atoms with Gasteiger partial charge in [0.25, 0.3) is 5.56 Å². The summed E-state index contributed by atoms with van der Waals surface area (Å²) < 4.78 is 43.5. The number of H-pyrrole nitrogens is 1. The minimum Gasteiger partial charge on any atom is -0.394 e. The van der Waals surface area contributed by atoms with Gasteiger partial charge in [-0.15, -0.1) is 0 Å². The van der Waals surface area contributed by atoms with Gasteiger partial charge in [0.05, 0.1) is 6.61 Å². The summed E-state index contributed by atoms with van der Waals surface area (Å²) in [7, 11) is 0. The van der Waals surface area contributed by atoms with Crippen molar-refractivity contribution in [1.82, 2.24) is 9.55 Å². The van der Waals surface area contributed by atoms with Crippen molar-refractivity contribution >= 4 is 0 Å². The van der Waals surface area contributed by atoms with Gasteiger partial charge in [-0.05, 0) is 6.92 Å². The molecule has 1 saturated heterocycles. The van der Waals surface area contributed by atoms with Crippen LogP contribution in [0, 0.1) is 0 Å². The minimum atomic E-state index is -5.02. The first kappa shape index (κ1) is 16.7. The van der Waals surface area contributed by atoms with E-state index in [2.05, 4.69) is 0 Å². The molecule has 1 aromatic rings. The fourth-order valence-electron chi connectivity index (χ4n) is 2.18. The number of rotatable bonds is 2. The molecule has 0 amide bonds. The Bertz CT molecular complexity index is 680. The number of hydrogen-bond acceptors (Lipinski definition) is 6. The van der Waals surface area contributed by atoms with E-state index in [4.69, 9.17) is 9.84 Å². The summed E-state index contributed by atoms with van der Waals surface area (Å²) in [5.74, 6) is 0. The summed E-state index contributed by atoms with van der Waals surface area (Å²) in [4.78, 5) is 24.3. The fraction of sp³-hybridized carbons (Fsp3) is 0.636. The Morgan fingerprint density at radius 2 is 2.05 bits per heavy atom. The molecule has 4 atom stereocenters. The maximum atomic E-state index is 12.7. The molecular weight excluding hydrogens is 313 g/mol. The second-order valence-electron chi connectivity index (χ2n) is 5.08. The van der Waals surface area contributed by atoms with Crippen molar-refractivity contribution in [3.8, 4) is 0 Å². The van der Waals surface area contributed by atoms with Crippen LogP contribution in [0.5, 0.6) is 0 Å². The Morgan fingerprint density at radius 1 is 1.45 bits per heavy atom. The molecule has 0 bridgehead atoms. The predicted octanol–water partition coefficient (Wildman–Crippen LogP) is -1.44. The molecule has 1 aliphatic heterocycles. The Morgan fingerprint density at radius 3 is 2.50 bits per heavy atom. The topological polar surface area (TPSA) is 125 Å². The lowest BCUT2D eigenvalue weighted by Crippen LogP contribution is -2.47. The van der Waals surface area contributed by atoms with E-state index >= 15 is 0 Å². The fourth-order valence-corrected chi connectivity index (χ4v) is 2.18. The molecular formula is C11H13F3N2O6. The zero-order valence-corrected chi connectivity index (χ0v) is 11.2. The molecule has 4 N–H and O–H groups in total. The van der Waals surface area contributed by atoms with Crippen molar-refractivity contribution in [2.75, 3.05) is 6.61 Å². The smallest absolute Gasteiger partial charge is 0.394 e. The third-order valence-electron chi connectivity index (χ3n) is 3.54. The van der Waals surface area contributed by atoms with Gasteiger partial charge in [-0.3, -0.25) is 14.3 Å². The summed E-state index contributed by atoms with van der Waals surface area (Å²) in [6, 6.07) is 0. The molecule has 1 fully saturated rings. The van der Waals surface area contributed by atoms with Gasteiger partial charge >= 0.3 is 11.9 Å². The second kappa shape index (κ2) is 5.19. The van der Waals surface area contributed by atoms with Crippen LogP contribution in [0.1, 0.15) is 18.7 Å². The molecule has 0 saturated carbocycles. The molecule has 0 spiro atoms. The summed E-state index contributed by atoms with van der Waals surface area (Å²) in [6.45, 7) is 0.366. The molecule has 22 heavy (non-hydrogen) atoms. The van der Waals surface area contributed by atoms with Crippen LogP contribution < -0.4 is 11.2 Å². The van der Waals surface area contributed by atoms with Gasteiger partial charge in [0.1, 0.15) is 23.4 Å². The van der Waals surface area contributed by atoms with Crippen LogP contribution in [0.25, 0.3) is 0 Å². The Hall–Kier alpha value is -1.69. The standard InChI is InChI=1S/C11H13F3N2O6/c1-10(21)5(3-17)22-8(6(10)18)16-2-4(11(12,13)14)7(19)15-9(16)20/h2,5-6,8,17-18,21H,3H2,1H3,(H,15,19,20)/t5-,6?,8-,10-/m1/s1. The maximum Gasteiger partial charge on any atom is 0.423 e. The number of halogens is 3. The van der Waals surface area contributed by atoms with Crippen LogP contribution in [-0.2, 0) is 10.9 Å². The number of aromatic nitrogens is 2. The lowest BCUT2D eigenvalue weighted by molar-refractivity contribution is -0.140. The molecule has 0 aromatic carbocycles. The first-order valence-electron chi connectivity index (χ1n) is 6.09. The number of alkyl halides is 3. The molecule has 124 valence electrons. The van der Waals surface area contributed by atoms with Gasteiger partial charge < -0.3 is 20.1 Å². The molecule has 1 unspecified atom stereocenters. The van der Waals surface area contributed by atoms with E-state index in [1.807, 2.05) is 0 Å².